The van der Waals surface area contributed by atoms with E-state index in [1.54, 1.807) is 0 Å². The van der Waals surface area contributed by atoms with Crippen molar-refractivity contribution < 1.29 is 0 Å². The molecular formula is C25H18N4. The van der Waals surface area contributed by atoms with Gasteiger partial charge in [-0.1, -0.05) is 72.8 Å². The van der Waals surface area contributed by atoms with Gasteiger partial charge in [-0.2, -0.15) is 0 Å². The summed E-state index contributed by atoms with van der Waals surface area (Å²) in [6, 6.07) is 28.5. The fourth-order valence-corrected chi connectivity index (χ4v) is 3.26. The number of hydrogen-bond acceptors (Lipinski definition) is 4. The molecule has 0 amide bonds. The van der Waals surface area contributed by atoms with Crippen LogP contribution in [-0.4, -0.2) is 19.9 Å². The quantitative estimate of drug-likeness (QED) is 0.405. The largest absolute Gasteiger partial charge is 0.253 e. The Kier molecular flexibility index (Phi) is 4.30. The predicted molar refractivity (Wildman–Crippen MR) is 116 cm³/mol. The van der Waals surface area contributed by atoms with Crippen LogP contribution < -0.4 is 0 Å². The van der Waals surface area contributed by atoms with Crippen molar-refractivity contribution in [1.82, 2.24) is 19.9 Å². The highest BCUT2D eigenvalue weighted by Gasteiger charge is 2.13. The Bertz CT molecular complexity index is 1300. The first-order chi connectivity index (χ1) is 14.3. The molecule has 0 aliphatic carbocycles. The molecule has 0 bridgehead atoms. The Labute approximate surface area is 169 Å². The van der Waals surface area contributed by atoms with E-state index in [1.165, 1.54) is 5.39 Å². The van der Waals surface area contributed by atoms with Crippen molar-refractivity contribution in [3.8, 4) is 34.3 Å². The van der Waals surface area contributed by atoms with Crippen LogP contribution in [0.1, 0.15) is 5.56 Å². The van der Waals surface area contributed by atoms with Gasteiger partial charge in [0.05, 0.1) is 0 Å². The molecule has 0 aliphatic rings. The molecule has 29 heavy (non-hydrogen) atoms. The second kappa shape index (κ2) is 7.24. The van der Waals surface area contributed by atoms with Crippen LogP contribution in [0.3, 0.4) is 0 Å². The molecule has 0 N–H and O–H groups in total. The van der Waals surface area contributed by atoms with Crippen molar-refractivity contribution >= 4 is 10.8 Å². The number of rotatable bonds is 3. The molecule has 0 spiro atoms. The van der Waals surface area contributed by atoms with E-state index in [9.17, 15) is 0 Å². The van der Waals surface area contributed by atoms with Crippen LogP contribution in [0.4, 0.5) is 0 Å². The van der Waals surface area contributed by atoms with E-state index in [1.807, 2.05) is 67.7 Å². The number of aromatic nitrogens is 4. The lowest BCUT2D eigenvalue weighted by Crippen LogP contribution is -2.01. The Morgan fingerprint density at radius 2 is 1.24 bits per heavy atom. The molecule has 0 saturated heterocycles. The summed E-state index contributed by atoms with van der Waals surface area (Å²) in [7, 11) is 0. The van der Waals surface area contributed by atoms with Gasteiger partial charge in [0.15, 0.2) is 17.5 Å². The van der Waals surface area contributed by atoms with Gasteiger partial charge in [-0.05, 0) is 35.4 Å². The van der Waals surface area contributed by atoms with Gasteiger partial charge in [0.25, 0.3) is 0 Å². The molecular weight excluding hydrogens is 356 g/mol. The van der Waals surface area contributed by atoms with Crippen molar-refractivity contribution in [2.24, 2.45) is 0 Å². The maximum absolute atomic E-state index is 4.77. The minimum Gasteiger partial charge on any atom is -0.253 e. The summed E-state index contributed by atoms with van der Waals surface area (Å²) in [4.78, 5) is 18.7. The van der Waals surface area contributed by atoms with Crippen LogP contribution in [0.25, 0.3) is 45.1 Å². The van der Waals surface area contributed by atoms with Gasteiger partial charge in [0, 0.05) is 17.3 Å². The van der Waals surface area contributed by atoms with Crippen LogP contribution in [0.2, 0.25) is 0 Å². The van der Waals surface area contributed by atoms with Gasteiger partial charge in [0.1, 0.15) is 5.69 Å². The lowest BCUT2D eigenvalue weighted by Gasteiger charge is -2.08. The van der Waals surface area contributed by atoms with Gasteiger partial charge in [-0.25, -0.2) is 15.0 Å². The Morgan fingerprint density at radius 3 is 2.00 bits per heavy atom. The molecule has 4 heteroatoms. The molecule has 5 rings (SSSR count). The third-order valence-corrected chi connectivity index (χ3v) is 4.82. The normalized spacial score (nSPS) is 10.9. The smallest absolute Gasteiger partial charge is 0.182 e. The Hall–Kier alpha value is -3.92. The first kappa shape index (κ1) is 17.2. The van der Waals surface area contributed by atoms with Gasteiger partial charge in [-0.3, -0.25) is 4.98 Å². The summed E-state index contributed by atoms with van der Waals surface area (Å²) in [5.74, 6) is 1.85. The van der Waals surface area contributed by atoms with Gasteiger partial charge in [-0.15, -0.1) is 0 Å². The van der Waals surface area contributed by atoms with Gasteiger partial charge in [0.2, 0.25) is 0 Å². The maximum atomic E-state index is 4.77. The minimum absolute atomic E-state index is 0.571. The average molecular weight is 374 g/mol. The van der Waals surface area contributed by atoms with Gasteiger partial charge >= 0.3 is 0 Å². The molecule has 5 aromatic rings. The topological polar surface area (TPSA) is 51.6 Å². The number of hydrogen-bond donors (Lipinski definition) is 0. The van der Waals surface area contributed by atoms with Crippen LogP contribution in [-0.2, 0) is 0 Å². The number of pyridine rings is 1. The van der Waals surface area contributed by atoms with Gasteiger partial charge < -0.3 is 0 Å². The minimum atomic E-state index is 0.571. The SMILES string of the molecule is Cc1ccc(-c2nc(-c3ccccc3)nc(-c3ccc4ccccc4c3)n2)nc1. The molecule has 3 aromatic carbocycles. The van der Waals surface area contributed by atoms with E-state index >= 15 is 0 Å². The summed E-state index contributed by atoms with van der Waals surface area (Å²) < 4.78 is 0. The summed E-state index contributed by atoms with van der Waals surface area (Å²) in [6.07, 6.45) is 1.83. The number of fused-ring (bicyclic) bond motifs is 1. The Balaban J connectivity index is 1.71. The zero-order valence-corrected chi connectivity index (χ0v) is 15.9. The highest BCUT2D eigenvalue weighted by atomic mass is 15.0. The summed E-state index contributed by atoms with van der Waals surface area (Å²) in [6.45, 7) is 2.01. The summed E-state index contributed by atoms with van der Waals surface area (Å²) in [5, 5.41) is 2.34. The molecule has 2 aromatic heterocycles. The molecule has 0 radical (unpaired) electrons. The highest BCUT2D eigenvalue weighted by molar-refractivity contribution is 5.86. The fourth-order valence-electron chi connectivity index (χ4n) is 3.26. The number of benzene rings is 3. The number of nitrogens with zero attached hydrogens (tertiary/aromatic N) is 4. The first-order valence-electron chi connectivity index (χ1n) is 9.50. The van der Waals surface area contributed by atoms with Crippen molar-refractivity contribution in [3.63, 3.8) is 0 Å². The summed E-state index contributed by atoms with van der Waals surface area (Å²) in [5.41, 5.74) is 3.74. The molecule has 0 saturated carbocycles. The summed E-state index contributed by atoms with van der Waals surface area (Å²) >= 11 is 0. The lowest BCUT2D eigenvalue weighted by molar-refractivity contribution is 1.06. The van der Waals surface area contributed by atoms with E-state index < -0.39 is 0 Å². The van der Waals surface area contributed by atoms with E-state index in [0.29, 0.717) is 17.5 Å². The average Bonchev–Trinajstić information content (AvgIpc) is 2.79. The second-order valence-corrected chi connectivity index (χ2v) is 6.95. The monoisotopic (exact) mass is 374 g/mol. The van der Waals surface area contributed by atoms with E-state index in [4.69, 9.17) is 15.0 Å². The van der Waals surface area contributed by atoms with Crippen LogP contribution in [0.15, 0.2) is 91.1 Å². The van der Waals surface area contributed by atoms with Crippen molar-refractivity contribution in [3.05, 3.63) is 96.7 Å². The molecule has 4 nitrogen and oxygen atoms in total. The molecule has 0 unspecified atom stereocenters. The van der Waals surface area contributed by atoms with E-state index in [0.717, 1.165) is 27.8 Å². The molecule has 0 fully saturated rings. The molecule has 0 aliphatic heterocycles. The zero-order chi connectivity index (χ0) is 19.6. The van der Waals surface area contributed by atoms with Crippen LogP contribution in [0.5, 0.6) is 0 Å². The van der Waals surface area contributed by atoms with Crippen molar-refractivity contribution in [2.75, 3.05) is 0 Å². The molecule has 138 valence electrons. The van der Waals surface area contributed by atoms with Crippen molar-refractivity contribution in [2.45, 2.75) is 6.92 Å². The van der Waals surface area contributed by atoms with Crippen LogP contribution >= 0.6 is 0 Å². The number of aryl methyl sites for hydroxylation is 1. The maximum Gasteiger partial charge on any atom is 0.182 e. The third-order valence-electron chi connectivity index (χ3n) is 4.82. The molecule has 0 atom stereocenters. The van der Waals surface area contributed by atoms with E-state index in [2.05, 4.69) is 35.3 Å². The second-order valence-electron chi connectivity index (χ2n) is 6.95. The predicted octanol–water partition coefficient (Wildman–Crippen LogP) is 5.73. The standard InChI is InChI=1S/C25H18N4/c1-17-11-14-22(26-16-17)25-28-23(19-8-3-2-4-9-19)27-24(29-25)21-13-12-18-7-5-6-10-20(18)15-21/h2-16H,1H3. The first-order valence-corrected chi connectivity index (χ1v) is 9.50. The Morgan fingerprint density at radius 1 is 0.552 bits per heavy atom. The zero-order valence-electron chi connectivity index (χ0n) is 15.9. The highest BCUT2D eigenvalue weighted by Crippen LogP contribution is 2.26. The van der Waals surface area contributed by atoms with Crippen LogP contribution in [0, 0.1) is 6.92 Å². The van der Waals surface area contributed by atoms with E-state index in [-0.39, 0.29) is 0 Å². The lowest BCUT2D eigenvalue weighted by atomic mass is 10.1. The fraction of sp³-hybridized carbons (Fsp3) is 0.0400. The van der Waals surface area contributed by atoms with Crippen molar-refractivity contribution in [1.29, 1.82) is 0 Å². The molecule has 2 heterocycles. The third kappa shape index (κ3) is 3.48.